The molecule has 1 aliphatic rings. The van der Waals surface area contributed by atoms with E-state index >= 15 is 0 Å². The van der Waals surface area contributed by atoms with Crippen LogP contribution in [0.25, 0.3) is 0 Å². The fourth-order valence-electron chi connectivity index (χ4n) is 2.74. The number of nitrogens with zero attached hydrogens (tertiary/aromatic N) is 1. The van der Waals surface area contributed by atoms with Gasteiger partial charge in [0, 0.05) is 11.3 Å². The summed E-state index contributed by atoms with van der Waals surface area (Å²) in [5, 5.41) is 2.64. The summed E-state index contributed by atoms with van der Waals surface area (Å²) in [7, 11) is 0. The minimum Gasteiger partial charge on any atom is -0.324 e. The number of Topliss-reactive ketones (excluding diaryl/α,β-unsaturated/α-hetero) is 1. The Bertz CT molecular complexity index is 869. The predicted octanol–water partition coefficient (Wildman–Crippen LogP) is 2.51. The second-order valence-corrected chi connectivity index (χ2v) is 5.83. The molecule has 1 N–H and O–H groups in total. The Kier molecular flexibility index (Phi) is 4.19. The van der Waals surface area contributed by atoms with Crippen LogP contribution >= 0.6 is 0 Å². The molecule has 0 aromatic heterocycles. The maximum atomic E-state index is 12.5. The van der Waals surface area contributed by atoms with Crippen LogP contribution in [0.4, 0.5) is 5.69 Å². The van der Waals surface area contributed by atoms with Crippen molar-refractivity contribution in [3.63, 3.8) is 0 Å². The first-order chi connectivity index (χ1) is 11.9. The van der Waals surface area contributed by atoms with Crippen LogP contribution in [0.3, 0.4) is 0 Å². The fraction of sp³-hybridized carbons (Fsp3) is 0.158. The summed E-state index contributed by atoms with van der Waals surface area (Å²) in [5.74, 6) is -1.60. The number of nitrogens with one attached hydrogen (secondary N) is 1. The van der Waals surface area contributed by atoms with E-state index in [0.717, 1.165) is 4.90 Å². The molecule has 0 spiro atoms. The Balaban J connectivity index is 1.80. The number of rotatable bonds is 4. The molecule has 0 unspecified atom stereocenters. The number of hydrogen-bond acceptors (Lipinski definition) is 4. The molecular weight excluding hydrogens is 320 g/mol. The number of fused-ring (bicyclic) bond motifs is 1. The molecule has 0 saturated carbocycles. The van der Waals surface area contributed by atoms with Crippen LogP contribution in [0.2, 0.25) is 0 Å². The van der Waals surface area contributed by atoms with Gasteiger partial charge in [-0.25, -0.2) is 0 Å². The van der Waals surface area contributed by atoms with Crippen LogP contribution < -0.4 is 5.32 Å². The average molecular weight is 336 g/mol. The molecule has 0 saturated heterocycles. The highest BCUT2D eigenvalue weighted by Gasteiger charge is 2.40. The van der Waals surface area contributed by atoms with Gasteiger partial charge in [0.2, 0.25) is 5.91 Å². The van der Waals surface area contributed by atoms with E-state index in [1.54, 1.807) is 48.5 Å². The highest BCUT2D eigenvalue weighted by atomic mass is 16.2. The Morgan fingerprint density at radius 2 is 1.56 bits per heavy atom. The molecule has 3 rings (SSSR count). The molecule has 2 aromatic carbocycles. The lowest BCUT2D eigenvalue weighted by atomic mass is 10.1. The molecule has 126 valence electrons. The molecule has 1 heterocycles. The predicted molar refractivity (Wildman–Crippen MR) is 91.5 cm³/mol. The Hall–Kier alpha value is -3.28. The number of amides is 3. The smallest absolute Gasteiger partial charge is 0.262 e. The van der Waals surface area contributed by atoms with Gasteiger partial charge in [0.25, 0.3) is 11.8 Å². The van der Waals surface area contributed by atoms with Crippen LogP contribution in [0.1, 0.15) is 44.9 Å². The largest absolute Gasteiger partial charge is 0.324 e. The van der Waals surface area contributed by atoms with Gasteiger partial charge in [-0.1, -0.05) is 24.3 Å². The van der Waals surface area contributed by atoms with Gasteiger partial charge in [0.1, 0.15) is 6.04 Å². The molecule has 25 heavy (non-hydrogen) atoms. The third-order valence-electron chi connectivity index (χ3n) is 4.13. The lowest BCUT2D eigenvalue weighted by Gasteiger charge is -2.21. The van der Waals surface area contributed by atoms with Crippen molar-refractivity contribution in [3.05, 3.63) is 65.2 Å². The van der Waals surface area contributed by atoms with E-state index in [1.165, 1.54) is 13.8 Å². The van der Waals surface area contributed by atoms with E-state index in [2.05, 4.69) is 5.32 Å². The fourth-order valence-corrected chi connectivity index (χ4v) is 2.74. The SMILES string of the molecule is CC(=O)c1cccc(NC(=O)[C@H](C)N2C(=O)c3ccccc3C2=O)c1. The van der Waals surface area contributed by atoms with Crippen molar-refractivity contribution in [2.75, 3.05) is 5.32 Å². The lowest BCUT2D eigenvalue weighted by Crippen LogP contribution is -2.45. The third-order valence-corrected chi connectivity index (χ3v) is 4.13. The zero-order valence-corrected chi connectivity index (χ0v) is 13.8. The standard InChI is InChI=1S/C19H16N2O4/c1-11(17(23)20-14-7-5-6-13(10-14)12(2)22)21-18(24)15-8-3-4-9-16(15)19(21)25/h3-11H,1-2H3,(H,20,23)/t11-/m0/s1. The van der Waals surface area contributed by atoms with Gasteiger partial charge in [0.05, 0.1) is 11.1 Å². The highest BCUT2D eigenvalue weighted by molar-refractivity contribution is 6.23. The molecular formula is C19H16N2O4. The molecule has 1 atom stereocenters. The van der Waals surface area contributed by atoms with Crippen molar-refractivity contribution in [2.45, 2.75) is 19.9 Å². The Labute approximate surface area is 144 Å². The summed E-state index contributed by atoms with van der Waals surface area (Å²) in [4.78, 5) is 49.7. The molecule has 6 heteroatoms. The van der Waals surface area contributed by atoms with Gasteiger partial charge >= 0.3 is 0 Å². The van der Waals surface area contributed by atoms with E-state index in [4.69, 9.17) is 0 Å². The number of anilines is 1. The number of benzene rings is 2. The van der Waals surface area contributed by atoms with Gasteiger partial charge in [-0.3, -0.25) is 24.1 Å². The quantitative estimate of drug-likeness (QED) is 0.687. The van der Waals surface area contributed by atoms with E-state index in [-0.39, 0.29) is 5.78 Å². The molecule has 0 bridgehead atoms. The van der Waals surface area contributed by atoms with Crippen molar-refractivity contribution in [3.8, 4) is 0 Å². The van der Waals surface area contributed by atoms with Gasteiger partial charge in [-0.05, 0) is 38.1 Å². The maximum Gasteiger partial charge on any atom is 0.262 e. The minimum absolute atomic E-state index is 0.121. The second kappa shape index (κ2) is 6.32. The van der Waals surface area contributed by atoms with E-state index < -0.39 is 23.8 Å². The lowest BCUT2D eigenvalue weighted by molar-refractivity contribution is -0.119. The first-order valence-corrected chi connectivity index (χ1v) is 7.79. The summed E-state index contributed by atoms with van der Waals surface area (Å²) in [6.45, 7) is 2.92. The maximum absolute atomic E-state index is 12.5. The molecule has 1 aliphatic heterocycles. The topological polar surface area (TPSA) is 83.6 Å². The van der Waals surface area contributed by atoms with Crippen molar-refractivity contribution in [1.82, 2.24) is 4.90 Å². The van der Waals surface area contributed by atoms with Crippen LogP contribution in [0, 0.1) is 0 Å². The summed E-state index contributed by atoms with van der Waals surface area (Å²) >= 11 is 0. The van der Waals surface area contributed by atoms with Gasteiger partial charge in [-0.2, -0.15) is 0 Å². The van der Waals surface area contributed by atoms with Crippen LogP contribution in [-0.2, 0) is 4.79 Å². The highest BCUT2D eigenvalue weighted by Crippen LogP contribution is 2.25. The first kappa shape index (κ1) is 16.6. The summed E-state index contributed by atoms with van der Waals surface area (Å²) < 4.78 is 0. The van der Waals surface area contributed by atoms with Crippen molar-refractivity contribution < 1.29 is 19.2 Å². The monoisotopic (exact) mass is 336 g/mol. The zero-order valence-electron chi connectivity index (χ0n) is 13.8. The van der Waals surface area contributed by atoms with Crippen molar-refractivity contribution in [2.24, 2.45) is 0 Å². The summed E-state index contributed by atoms with van der Waals surface area (Å²) in [6.07, 6.45) is 0. The molecule has 6 nitrogen and oxygen atoms in total. The second-order valence-electron chi connectivity index (χ2n) is 5.83. The van der Waals surface area contributed by atoms with Gasteiger partial charge < -0.3 is 5.32 Å². The number of ketones is 1. The third kappa shape index (κ3) is 2.94. The Morgan fingerprint density at radius 3 is 2.12 bits per heavy atom. The molecule has 0 aliphatic carbocycles. The van der Waals surface area contributed by atoms with Crippen LogP contribution in [0.15, 0.2) is 48.5 Å². The molecule has 2 aromatic rings. The van der Waals surface area contributed by atoms with E-state index in [1.807, 2.05) is 0 Å². The molecule has 0 fully saturated rings. The number of carbonyl (C=O) groups excluding carboxylic acids is 4. The summed E-state index contributed by atoms with van der Waals surface area (Å²) in [6, 6.07) is 12.0. The number of hydrogen-bond donors (Lipinski definition) is 1. The number of carbonyl (C=O) groups is 4. The van der Waals surface area contributed by atoms with Gasteiger partial charge in [-0.15, -0.1) is 0 Å². The van der Waals surface area contributed by atoms with Crippen molar-refractivity contribution in [1.29, 1.82) is 0 Å². The van der Waals surface area contributed by atoms with Crippen molar-refractivity contribution >= 4 is 29.2 Å². The van der Waals surface area contributed by atoms with E-state index in [9.17, 15) is 19.2 Å². The van der Waals surface area contributed by atoms with Gasteiger partial charge in [0.15, 0.2) is 5.78 Å². The minimum atomic E-state index is -0.978. The normalized spacial score (nSPS) is 14.2. The molecule has 3 amide bonds. The average Bonchev–Trinajstić information content (AvgIpc) is 2.86. The number of imide groups is 1. The van der Waals surface area contributed by atoms with Crippen LogP contribution in [-0.4, -0.2) is 34.4 Å². The van der Waals surface area contributed by atoms with E-state index in [0.29, 0.717) is 22.4 Å². The summed E-state index contributed by atoms with van der Waals surface area (Å²) in [5.41, 5.74) is 1.49. The van der Waals surface area contributed by atoms with Crippen LogP contribution in [0.5, 0.6) is 0 Å². The molecule has 0 radical (unpaired) electrons. The Morgan fingerprint density at radius 1 is 0.960 bits per heavy atom. The zero-order chi connectivity index (χ0) is 18.1. The first-order valence-electron chi connectivity index (χ1n) is 7.79.